The number of hydrogen-bond donors (Lipinski definition) is 2. The number of anilines is 1. The Kier molecular flexibility index (Phi) is 5.14. The number of hydrogen-bond acceptors (Lipinski definition) is 3. The molecular weight excluding hydrogens is 282 g/mol. The smallest absolute Gasteiger partial charge is 0.335 e. The maximum absolute atomic E-state index is 11.9. The Morgan fingerprint density at radius 1 is 1.14 bits per heavy atom. The van der Waals surface area contributed by atoms with E-state index in [1.54, 1.807) is 6.07 Å². The molecule has 1 amide bonds. The molecule has 0 spiro atoms. The molecule has 0 aliphatic rings. The molecule has 114 valence electrons. The number of carbonyl (C=O) groups is 2. The molecule has 5 nitrogen and oxygen atoms in total. The minimum atomic E-state index is -1.03. The van der Waals surface area contributed by atoms with Crippen molar-refractivity contribution in [2.45, 2.75) is 13.3 Å². The van der Waals surface area contributed by atoms with Gasteiger partial charge in [0.2, 0.25) is 5.91 Å². The molecule has 0 heterocycles. The van der Waals surface area contributed by atoms with E-state index in [1.165, 1.54) is 12.1 Å². The highest BCUT2D eigenvalue weighted by Gasteiger charge is 2.09. The Bertz CT molecular complexity index is 668. The van der Waals surface area contributed by atoms with Crippen LogP contribution in [0.3, 0.4) is 0 Å². The molecule has 5 heteroatoms. The lowest BCUT2D eigenvalue weighted by Gasteiger charge is -2.10. The van der Waals surface area contributed by atoms with E-state index in [0.717, 1.165) is 5.56 Å². The normalized spacial score (nSPS) is 10.0. The predicted octanol–water partition coefficient (Wildman–Crippen LogP) is 3.10. The summed E-state index contributed by atoms with van der Waals surface area (Å²) < 4.78 is 5.45. The average molecular weight is 299 g/mol. The SMILES string of the molecule is Cc1ccc(C(=O)O)cc1NC(=O)CCOc1ccccc1. The van der Waals surface area contributed by atoms with Crippen molar-refractivity contribution in [3.05, 3.63) is 59.7 Å². The first-order valence-electron chi connectivity index (χ1n) is 6.88. The third kappa shape index (κ3) is 4.34. The van der Waals surface area contributed by atoms with Gasteiger partial charge in [0, 0.05) is 5.69 Å². The third-order valence-corrected chi connectivity index (χ3v) is 3.10. The van der Waals surface area contributed by atoms with Crippen molar-refractivity contribution in [1.29, 1.82) is 0 Å². The van der Waals surface area contributed by atoms with Gasteiger partial charge in [0.25, 0.3) is 0 Å². The Morgan fingerprint density at radius 2 is 1.86 bits per heavy atom. The number of carbonyl (C=O) groups excluding carboxylic acids is 1. The van der Waals surface area contributed by atoms with Gasteiger partial charge in [-0.25, -0.2) is 4.79 Å². The molecule has 0 aliphatic heterocycles. The van der Waals surface area contributed by atoms with Gasteiger partial charge in [-0.15, -0.1) is 0 Å². The molecule has 0 saturated carbocycles. The number of amides is 1. The van der Waals surface area contributed by atoms with Crippen LogP contribution >= 0.6 is 0 Å². The number of carboxylic acid groups (broad SMARTS) is 1. The minimum Gasteiger partial charge on any atom is -0.493 e. The van der Waals surface area contributed by atoms with Gasteiger partial charge >= 0.3 is 5.97 Å². The van der Waals surface area contributed by atoms with E-state index in [-0.39, 0.29) is 24.5 Å². The zero-order valence-electron chi connectivity index (χ0n) is 12.2. The molecule has 0 unspecified atom stereocenters. The molecule has 0 bridgehead atoms. The Hall–Kier alpha value is -2.82. The number of ether oxygens (including phenoxy) is 1. The molecule has 0 aromatic heterocycles. The fourth-order valence-corrected chi connectivity index (χ4v) is 1.88. The summed E-state index contributed by atoms with van der Waals surface area (Å²) in [6, 6.07) is 13.9. The van der Waals surface area contributed by atoms with Crippen LogP contribution < -0.4 is 10.1 Å². The number of para-hydroxylation sites is 1. The van der Waals surface area contributed by atoms with E-state index < -0.39 is 5.97 Å². The van der Waals surface area contributed by atoms with Gasteiger partial charge in [0.1, 0.15) is 5.75 Å². The van der Waals surface area contributed by atoms with Crippen LogP contribution in [-0.4, -0.2) is 23.6 Å². The van der Waals surface area contributed by atoms with Crippen molar-refractivity contribution in [2.75, 3.05) is 11.9 Å². The highest BCUT2D eigenvalue weighted by atomic mass is 16.5. The highest BCUT2D eigenvalue weighted by molar-refractivity contribution is 5.94. The number of benzene rings is 2. The lowest BCUT2D eigenvalue weighted by atomic mass is 10.1. The van der Waals surface area contributed by atoms with Crippen LogP contribution in [0.1, 0.15) is 22.3 Å². The molecule has 0 saturated heterocycles. The monoisotopic (exact) mass is 299 g/mol. The minimum absolute atomic E-state index is 0.140. The van der Waals surface area contributed by atoms with Gasteiger partial charge < -0.3 is 15.2 Å². The molecule has 2 N–H and O–H groups in total. The lowest BCUT2D eigenvalue weighted by Crippen LogP contribution is -2.16. The Morgan fingerprint density at radius 3 is 2.55 bits per heavy atom. The maximum Gasteiger partial charge on any atom is 0.335 e. The van der Waals surface area contributed by atoms with Crippen LogP contribution in [0.2, 0.25) is 0 Å². The van der Waals surface area contributed by atoms with E-state index in [9.17, 15) is 9.59 Å². The lowest BCUT2D eigenvalue weighted by molar-refractivity contribution is -0.116. The topological polar surface area (TPSA) is 75.6 Å². The third-order valence-electron chi connectivity index (χ3n) is 3.10. The Labute approximate surface area is 128 Å². The molecule has 0 aliphatic carbocycles. The van der Waals surface area contributed by atoms with Crippen LogP contribution in [0.15, 0.2) is 48.5 Å². The summed E-state index contributed by atoms with van der Waals surface area (Å²) in [7, 11) is 0. The number of aryl methyl sites for hydroxylation is 1. The maximum atomic E-state index is 11.9. The molecular formula is C17H17NO4. The fraction of sp³-hybridized carbons (Fsp3) is 0.176. The quantitative estimate of drug-likeness (QED) is 0.859. The summed E-state index contributed by atoms with van der Waals surface area (Å²) in [5, 5.41) is 11.7. The van der Waals surface area contributed by atoms with Crippen LogP contribution in [0.5, 0.6) is 5.75 Å². The summed E-state index contributed by atoms with van der Waals surface area (Å²) in [6.07, 6.45) is 0.186. The molecule has 0 radical (unpaired) electrons. The fourth-order valence-electron chi connectivity index (χ4n) is 1.88. The van der Waals surface area contributed by atoms with Gasteiger partial charge in [-0.1, -0.05) is 24.3 Å². The van der Waals surface area contributed by atoms with Crippen LogP contribution in [-0.2, 0) is 4.79 Å². The first-order valence-corrected chi connectivity index (χ1v) is 6.88. The first kappa shape index (κ1) is 15.6. The van der Waals surface area contributed by atoms with Crippen molar-refractivity contribution in [1.82, 2.24) is 0 Å². The number of nitrogens with one attached hydrogen (secondary N) is 1. The average Bonchev–Trinajstić information content (AvgIpc) is 2.50. The van der Waals surface area contributed by atoms with E-state index in [1.807, 2.05) is 37.3 Å². The van der Waals surface area contributed by atoms with Crippen molar-refractivity contribution in [3.8, 4) is 5.75 Å². The molecule has 22 heavy (non-hydrogen) atoms. The summed E-state index contributed by atoms with van der Waals surface area (Å²) >= 11 is 0. The summed E-state index contributed by atoms with van der Waals surface area (Å²) in [5.74, 6) is -0.538. The number of rotatable bonds is 6. The van der Waals surface area contributed by atoms with E-state index in [2.05, 4.69) is 5.32 Å². The summed E-state index contributed by atoms with van der Waals surface area (Å²) in [6.45, 7) is 2.06. The zero-order valence-corrected chi connectivity index (χ0v) is 12.2. The second kappa shape index (κ2) is 7.26. The molecule has 2 rings (SSSR count). The molecule has 2 aromatic rings. The van der Waals surface area contributed by atoms with Crippen LogP contribution in [0.4, 0.5) is 5.69 Å². The Balaban J connectivity index is 1.89. The van der Waals surface area contributed by atoms with Crippen molar-refractivity contribution in [3.63, 3.8) is 0 Å². The van der Waals surface area contributed by atoms with Crippen molar-refractivity contribution >= 4 is 17.6 Å². The van der Waals surface area contributed by atoms with Gasteiger partial charge in [-0.2, -0.15) is 0 Å². The highest BCUT2D eigenvalue weighted by Crippen LogP contribution is 2.17. The summed E-state index contributed by atoms with van der Waals surface area (Å²) in [5.41, 5.74) is 1.45. The number of aromatic carboxylic acids is 1. The van der Waals surface area contributed by atoms with E-state index in [0.29, 0.717) is 11.4 Å². The molecule has 2 aromatic carbocycles. The van der Waals surface area contributed by atoms with Crippen molar-refractivity contribution in [2.24, 2.45) is 0 Å². The van der Waals surface area contributed by atoms with E-state index >= 15 is 0 Å². The second-order valence-corrected chi connectivity index (χ2v) is 4.79. The van der Waals surface area contributed by atoms with Crippen LogP contribution in [0.25, 0.3) is 0 Å². The molecule has 0 atom stereocenters. The van der Waals surface area contributed by atoms with Gasteiger partial charge in [0.15, 0.2) is 0 Å². The van der Waals surface area contributed by atoms with Gasteiger partial charge in [-0.3, -0.25) is 4.79 Å². The predicted molar refractivity (Wildman–Crippen MR) is 83.3 cm³/mol. The largest absolute Gasteiger partial charge is 0.493 e. The van der Waals surface area contributed by atoms with Gasteiger partial charge in [0.05, 0.1) is 18.6 Å². The molecule has 0 fully saturated rings. The van der Waals surface area contributed by atoms with Gasteiger partial charge in [-0.05, 0) is 36.8 Å². The second-order valence-electron chi connectivity index (χ2n) is 4.79. The zero-order chi connectivity index (χ0) is 15.9. The standard InChI is InChI=1S/C17H17NO4/c1-12-7-8-13(17(20)21)11-15(12)18-16(19)9-10-22-14-5-3-2-4-6-14/h2-8,11H,9-10H2,1H3,(H,18,19)(H,20,21). The van der Waals surface area contributed by atoms with E-state index in [4.69, 9.17) is 9.84 Å². The number of carboxylic acids is 1. The van der Waals surface area contributed by atoms with Crippen molar-refractivity contribution < 1.29 is 19.4 Å². The summed E-state index contributed by atoms with van der Waals surface area (Å²) in [4.78, 5) is 22.8. The van der Waals surface area contributed by atoms with Crippen LogP contribution in [0, 0.1) is 6.92 Å². The first-order chi connectivity index (χ1) is 10.6.